The number of amides is 1. The third kappa shape index (κ3) is 7.36. The zero-order valence-corrected chi connectivity index (χ0v) is 17.6. The fourth-order valence-electron chi connectivity index (χ4n) is 2.66. The van der Waals surface area contributed by atoms with E-state index in [0.29, 0.717) is 24.2 Å². The average Bonchev–Trinajstić information content (AvgIpc) is 2.70. The fraction of sp³-hybridized carbons (Fsp3) is 0.333. The first kappa shape index (κ1) is 23.2. The van der Waals surface area contributed by atoms with Gasteiger partial charge >= 0.3 is 11.9 Å². The van der Waals surface area contributed by atoms with Crippen molar-refractivity contribution in [1.82, 2.24) is 10.3 Å². The van der Waals surface area contributed by atoms with Crippen molar-refractivity contribution in [3.63, 3.8) is 0 Å². The molecule has 2 aromatic rings. The van der Waals surface area contributed by atoms with Gasteiger partial charge in [-0.15, -0.1) is 0 Å². The van der Waals surface area contributed by atoms with Crippen molar-refractivity contribution in [3.05, 3.63) is 58.2 Å². The summed E-state index contributed by atoms with van der Waals surface area (Å²) in [4.78, 5) is 39.4. The molecule has 0 radical (unpaired) electrons. The van der Waals surface area contributed by atoms with Gasteiger partial charge in [0.15, 0.2) is 6.61 Å². The summed E-state index contributed by atoms with van der Waals surface area (Å²) in [6.45, 7) is 3.51. The Hall–Kier alpha value is -3.13. The minimum absolute atomic E-state index is 0.0668. The highest BCUT2D eigenvalue weighted by Crippen LogP contribution is 2.17. The lowest BCUT2D eigenvalue weighted by molar-refractivity contribution is -0.148. The normalized spacial score (nSPS) is 11.4. The first-order chi connectivity index (χ1) is 14.3. The number of benzene rings is 1. The number of nitrogens with two attached hydrogens (primary N) is 1. The average molecular weight is 434 g/mol. The van der Waals surface area contributed by atoms with E-state index in [9.17, 15) is 14.4 Å². The molecule has 0 spiro atoms. The number of hydrogen-bond donors (Lipinski definition) is 2. The lowest BCUT2D eigenvalue weighted by Crippen LogP contribution is -2.37. The topological polar surface area (TPSA) is 121 Å². The Morgan fingerprint density at radius 3 is 2.50 bits per heavy atom. The van der Waals surface area contributed by atoms with Gasteiger partial charge in [0.2, 0.25) is 0 Å². The minimum atomic E-state index is -0.574. The molecule has 1 atom stereocenters. The van der Waals surface area contributed by atoms with E-state index < -0.39 is 11.9 Å². The number of pyridine rings is 1. The fourth-order valence-corrected chi connectivity index (χ4v) is 2.85. The number of ether oxygens (including phenoxy) is 2. The van der Waals surface area contributed by atoms with Crippen LogP contribution in [0.2, 0.25) is 5.02 Å². The van der Waals surface area contributed by atoms with E-state index in [-0.39, 0.29) is 35.9 Å². The highest BCUT2D eigenvalue weighted by molar-refractivity contribution is 6.32. The molecule has 1 heterocycles. The van der Waals surface area contributed by atoms with E-state index in [1.165, 1.54) is 12.3 Å². The molecular weight excluding hydrogens is 410 g/mol. The van der Waals surface area contributed by atoms with E-state index in [4.69, 9.17) is 26.8 Å². The predicted molar refractivity (Wildman–Crippen MR) is 112 cm³/mol. The molecule has 8 nitrogen and oxygen atoms in total. The molecule has 9 heteroatoms. The Bertz CT molecular complexity index is 902. The van der Waals surface area contributed by atoms with Crippen LogP contribution in [0.15, 0.2) is 36.5 Å². The molecular formula is C21H24ClN3O5. The number of esters is 2. The molecule has 3 N–H and O–H groups in total. The van der Waals surface area contributed by atoms with E-state index >= 15 is 0 Å². The maximum absolute atomic E-state index is 12.0. The molecule has 1 aromatic heterocycles. The summed E-state index contributed by atoms with van der Waals surface area (Å²) in [5.74, 6) is -1.18. The zero-order valence-electron chi connectivity index (χ0n) is 16.8. The van der Waals surface area contributed by atoms with Crippen LogP contribution < -0.4 is 11.1 Å². The number of carbonyl (C=O) groups is 3. The van der Waals surface area contributed by atoms with Gasteiger partial charge in [0.1, 0.15) is 5.82 Å². The van der Waals surface area contributed by atoms with Crippen molar-refractivity contribution in [1.29, 1.82) is 0 Å². The monoisotopic (exact) mass is 433 g/mol. The number of halogens is 1. The molecule has 0 aliphatic carbocycles. The highest BCUT2D eigenvalue weighted by Gasteiger charge is 2.13. The first-order valence-electron chi connectivity index (χ1n) is 9.39. The maximum atomic E-state index is 12.0. The maximum Gasteiger partial charge on any atom is 0.338 e. The number of nitrogens with one attached hydrogen (secondary N) is 1. The Balaban J connectivity index is 1.75. The van der Waals surface area contributed by atoms with Crippen molar-refractivity contribution in [2.24, 2.45) is 0 Å². The summed E-state index contributed by atoms with van der Waals surface area (Å²) in [5.41, 5.74) is 7.48. The van der Waals surface area contributed by atoms with Crippen LogP contribution in [-0.4, -0.2) is 42.1 Å². The summed E-state index contributed by atoms with van der Waals surface area (Å²) < 4.78 is 9.93. The quantitative estimate of drug-likeness (QED) is 0.582. The van der Waals surface area contributed by atoms with Gasteiger partial charge in [-0.2, -0.15) is 0 Å². The summed E-state index contributed by atoms with van der Waals surface area (Å²) >= 11 is 5.86. The van der Waals surface area contributed by atoms with Crippen LogP contribution in [0, 0.1) is 0 Å². The van der Waals surface area contributed by atoms with Crippen LogP contribution in [0.1, 0.15) is 35.3 Å². The second-order valence-corrected chi connectivity index (χ2v) is 7.05. The SMILES string of the molecule is CCOC(=O)c1ccc(CC(C)NC(=O)COC(=O)Cc2cnc(N)c(Cl)c2)cc1. The van der Waals surface area contributed by atoms with Gasteiger partial charge < -0.3 is 20.5 Å². The van der Waals surface area contributed by atoms with Crippen molar-refractivity contribution < 1.29 is 23.9 Å². The van der Waals surface area contributed by atoms with Crippen LogP contribution in [0.5, 0.6) is 0 Å². The molecule has 0 saturated carbocycles. The van der Waals surface area contributed by atoms with Gasteiger partial charge in [-0.25, -0.2) is 9.78 Å². The van der Waals surface area contributed by atoms with Crippen molar-refractivity contribution >= 4 is 35.3 Å². The summed E-state index contributed by atoms with van der Waals surface area (Å²) in [6, 6.07) is 8.32. The van der Waals surface area contributed by atoms with Gasteiger partial charge in [0.25, 0.3) is 5.91 Å². The molecule has 0 aliphatic rings. The lowest BCUT2D eigenvalue weighted by atomic mass is 10.1. The molecule has 0 aliphatic heterocycles. The minimum Gasteiger partial charge on any atom is -0.462 e. The Kier molecular flexibility index (Phi) is 8.61. The van der Waals surface area contributed by atoms with Gasteiger partial charge in [-0.05, 0) is 49.6 Å². The molecule has 1 amide bonds. The van der Waals surface area contributed by atoms with Crippen molar-refractivity contribution in [3.8, 4) is 0 Å². The predicted octanol–water partition coefficient (Wildman–Crippen LogP) is 2.33. The van der Waals surface area contributed by atoms with Gasteiger partial charge in [-0.1, -0.05) is 23.7 Å². The zero-order chi connectivity index (χ0) is 22.1. The molecule has 0 saturated heterocycles. The van der Waals surface area contributed by atoms with Crippen LogP contribution in [-0.2, 0) is 31.9 Å². The first-order valence-corrected chi connectivity index (χ1v) is 9.77. The number of hydrogen-bond acceptors (Lipinski definition) is 7. The smallest absolute Gasteiger partial charge is 0.338 e. The lowest BCUT2D eigenvalue weighted by Gasteiger charge is -2.14. The van der Waals surface area contributed by atoms with Crippen LogP contribution in [0.4, 0.5) is 5.82 Å². The Labute approximate surface area is 179 Å². The number of nitrogens with zero attached hydrogens (tertiary/aromatic N) is 1. The standard InChI is InChI=1S/C21H24ClN3O5/c1-3-29-21(28)16-6-4-14(5-7-16)8-13(2)25-18(26)12-30-19(27)10-15-9-17(22)20(23)24-11-15/h4-7,9,11,13H,3,8,10,12H2,1-2H3,(H2,23,24)(H,25,26). The van der Waals surface area contributed by atoms with Gasteiger partial charge in [0, 0.05) is 12.2 Å². The molecule has 0 bridgehead atoms. The molecule has 0 fully saturated rings. The number of anilines is 1. The van der Waals surface area contributed by atoms with Crippen molar-refractivity contribution in [2.45, 2.75) is 32.7 Å². The van der Waals surface area contributed by atoms with Gasteiger partial charge in [0.05, 0.1) is 23.6 Å². The molecule has 1 aromatic carbocycles. The van der Waals surface area contributed by atoms with Crippen molar-refractivity contribution in [2.75, 3.05) is 18.9 Å². The molecule has 30 heavy (non-hydrogen) atoms. The summed E-state index contributed by atoms with van der Waals surface area (Å²) in [6.07, 6.45) is 1.92. The van der Waals surface area contributed by atoms with Gasteiger partial charge in [-0.3, -0.25) is 9.59 Å². The second-order valence-electron chi connectivity index (χ2n) is 6.64. The number of carbonyl (C=O) groups excluding carboxylic acids is 3. The van der Waals surface area contributed by atoms with E-state index in [1.807, 2.05) is 6.92 Å². The second kappa shape index (κ2) is 11.2. The Morgan fingerprint density at radius 2 is 1.87 bits per heavy atom. The summed E-state index contributed by atoms with van der Waals surface area (Å²) in [7, 11) is 0. The van der Waals surface area contributed by atoms with Crippen LogP contribution in [0.3, 0.4) is 0 Å². The van der Waals surface area contributed by atoms with Crippen LogP contribution >= 0.6 is 11.6 Å². The third-order valence-electron chi connectivity index (χ3n) is 4.05. The number of nitrogen functional groups attached to an aromatic ring is 1. The number of rotatable bonds is 9. The third-order valence-corrected chi connectivity index (χ3v) is 4.36. The largest absolute Gasteiger partial charge is 0.462 e. The molecule has 2 rings (SSSR count). The van der Waals surface area contributed by atoms with E-state index in [2.05, 4.69) is 10.3 Å². The number of aromatic nitrogens is 1. The highest BCUT2D eigenvalue weighted by atomic mass is 35.5. The Morgan fingerprint density at radius 1 is 1.17 bits per heavy atom. The van der Waals surface area contributed by atoms with E-state index in [1.54, 1.807) is 31.2 Å². The molecule has 160 valence electrons. The summed E-state index contributed by atoms with van der Waals surface area (Å²) in [5, 5.41) is 3.02. The van der Waals surface area contributed by atoms with Crippen LogP contribution in [0.25, 0.3) is 0 Å². The van der Waals surface area contributed by atoms with E-state index in [0.717, 1.165) is 5.56 Å². The molecule has 1 unspecified atom stereocenters.